The van der Waals surface area contributed by atoms with Crippen molar-refractivity contribution in [2.45, 2.75) is 40.0 Å². The van der Waals surface area contributed by atoms with E-state index in [2.05, 4.69) is 0 Å². The number of benzene rings is 1. The fourth-order valence-electron chi connectivity index (χ4n) is 1.56. The Labute approximate surface area is 138 Å². The van der Waals surface area contributed by atoms with Gasteiger partial charge in [-0.1, -0.05) is 45.9 Å². The Bertz CT molecular complexity index is 577. The Kier molecular flexibility index (Phi) is 8.81. The topological polar surface area (TPSA) is 63.6 Å². The molecule has 0 aliphatic carbocycles. The van der Waals surface area contributed by atoms with E-state index in [4.69, 9.17) is 9.84 Å². The molecule has 24 heavy (non-hydrogen) atoms. The summed E-state index contributed by atoms with van der Waals surface area (Å²) in [6.45, 7) is 7.71. The highest BCUT2D eigenvalue weighted by Crippen LogP contribution is 2.36. The van der Waals surface area contributed by atoms with Crippen LogP contribution in [-0.4, -0.2) is 29.6 Å². The van der Waals surface area contributed by atoms with Gasteiger partial charge in [0.1, 0.15) is 12.0 Å². The number of hydrogen-bond donors (Lipinski definition) is 1. The van der Waals surface area contributed by atoms with Gasteiger partial charge < -0.3 is 14.6 Å². The van der Waals surface area contributed by atoms with Crippen molar-refractivity contribution in [2.75, 3.05) is 0 Å². The third-order valence-electron chi connectivity index (χ3n) is 2.57. The van der Waals surface area contributed by atoms with Crippen LogP contribution in [0.1, 0.15) is 33.3 Å². The number of aliphatic carboxylic acids is 1. The zero-order valence-electron chi connectivity index (χ0n) is 13.9. The molecule has 1 atom stereocenters. The van der Waals surface area contributed by atoms with Crippen LogP contribution >= 0.6 is 0 Å². The molecular weight excluding hydrogens is 325 g/mol. The van der Waals surface area contributed by atoms with Gasteiger partial charge in [0.05, 0.1) is 5.57 Å². The van der Waals surface area contributed by atoms with E-state index >= 15 is 0 Å². The summed E-state index contributed by atoms with van der Waals surface area (Å²) in [6.07, 6.45) is -5.27. The van der Waals surface area contributed by atoms with Crippen molar-refractivity contribution in [3.05, 3.63) is 35.4 Å². The van der Waals surface area contributed by atoms with E-state index in [0.29, 0.717) is 5.56 Å². The summed E-state index contributed by atoms with van der Waals surface area (Å²) < 4.78 is 42.5. The molecule has 1 aliphatic heterocycles. The molecule has 1 aromatic rings. The number of carbonyl (C=O) groups is 2. The first-order valence-corrected chi connectivity index (χ1v) is 7.39. The lowest BCUT2D eigenvalue weighted by Crippen LogP contribution is -2.40. The SMILES string of the molecule is CC.CC(C)C=O.O=C(O)C1=Cc2ccccc2OC1C(F)(F)F. The third-order valence-corrected chi connectivity index (χ3v) is 2.57. The number of rotatable bonds is 2. The fraction of sp³-hybridized carbons (Fsp3) is 0.412. The zero-order valence-corrected chi connectivity index (χ0v) is 13.9. The van der Waals surface area contributed by atoms with Crippen molar-refractivity contribution in [2.24, 2.45) is 5.92 Å². The van der Waals surface area contributed by atoms with Gasteiger partial charge in [0.25, 0.3) is 0 Å². The van der Waals surface area contributed by atoms with E-state index in [1.165, 1.54) is 18.2 Å². The van der Waals surface area contributed by atoms with Gasteiger partial charge in [-0.15, -0.1) is 0 Å². The molecule has 0 aromatic heterocycles. The third kappa shape index (κ3) is 6.44. The number of para-hydroxylation sites is 1. The standard InChI is InChI=1S/C11H7F3O3.C4H8O.C2H6/c12-11(13,14)9-7(10(15)16)5-6-3-1-2-4-8(6)17-9;1-4(2)3-5;1-2/h1-5,9H,(H,15,16);3-4H,1-2H3;1-2H3. The van der Waals surface area contributed by atoms with E-state index in [9.17, 15) is 22.8 Å². The Balaban J connectivity index is 0.000000650. The van der Waals surface area contributed by atoms with E-state index < -0.39 is 23.8 Å². The van der Waals surface area contributed by atoms with Gasteiger partial charge in [-0.2, -0.15) is 13.2 Å². The van der Waals surface area contributed by atoms with Crippen molar-refractivity contribution in [1.82, 2.24) is 0 Å². The average molecular weight is 346 g/mol. The minimum absolute atomic E-state index is 0.0276. The molecule has 134 valence electrons. The highest BCUT2D eigenvalue weighted by atomic mass is 19.4. The molecule has 0 bridgehead atoms. The number of halogens is 3. The zero-order chi connectivity index (χ0) is 18.9. The number of alkyl halides is 3. The average Bonchev–Trinajstić information content (AvgIpc) is 2.55. The van der Waals surface area contributed by atoms with Crippen molar-refractivity contribution in [1.29, 1.82) is 0 Å². The van der Waals surface area contributed by atoms with E-state index in [1.54, 1.807) is 6.07 Å². The fourth-order valence-corrected chi connectivity index (χ4v) is 1.56. The summed E-state index contributed by atoms with van der Waals surface area (Å²) in [6, 6.07) is 5.96. The minimum atomic E-state index is -4.75. The molecule has 2 rings (SSSR count). The van der Waals surface area contributed by atoms with Crippen LogP contribution < -0.4 is 4.74 Å². The molecule has 4 nitrogen and oxygen atoms in total. The molecule has 0 amide bonds. The van der Waals surface area contributed by atoms with Gasteiger partial charge in [0.15, 0.2) is 0 Å². The lowest BCUT2D eigenvalue weighted by atomic mass is 10.0. The Hall–Kier alpha value is -2.31. The number of hydrogen-bond acceptors (Lipinski definition) is 3. The van der Waals surface area contributed by atoms with E-state index in [-0.39, 0.29) is 11.7 Å². The number of fused-ring (bicyclic) bond motifs is 1. The second kappa shape index (κ2) is 9.75. The maximum atomic E-state index is 12.6. The van der Waals surface area contributed by atoms with Crippen molar-refractivity contribution < 1.29 is 32.6 Å². The first-order valence-electron chi connectivity index (χ1n) is 7.39. The van der Waals surface area contributed by atoms with Crippen molar-refractivity contribution >= 4 is 18.3 Å². The van der Waals surface area contributed by atoms with Crippen LogP contribution in [-0.2, 0) is 9.59 Å². The molecular formula is C17H21F3O4. The number of carbonyl (C=O) groups excluding carboxylic acids is 1. The van der Waals surface area contributed by atoms with Crippen LogP contribution in [0.15, 0.2) is 29.8 Å². The molecule has 1 aromatic carbocycles. The highest BCUT2D eigenvalue weighted by Gasteiger charge is 2.48. The molecule has 1 unspecified atom stereocenters. The van der Waals surface area contributed by atoms with Gasteiger partial charge in [-0.25, -0.2) is 4.79 Å². The number of carboxylic acid groups (broad SMARTS) is 1. The van der Waals surface area contributed by atoms with Crippen molar-refractivity contribution in [3.8, 4) is 5.75 Å². The van der Waals surface area contributed by atoms with Gasteiger partial charge in [0, 0.05) is 11.5 Å². The number of ether oxygens (including phenoxy) is 1. The largest absolute Gasteiger partial charge is 0.478 e. The monoisotopic (exact) mass is 346 g/mol. The van der Waals surface area contributed by atoms with Crippen LogP contribution in [0, 0.1) is 5.92 Å². The Morgan fingerprint density at radius 2 is 1.75 bits per heavy atom. The van der Waals surface area contributed by atoms with Gasteiger partial charge >= 0.3 is 12.1 Å². The van der Waals surface area contributed by atoms with E-state index in [1.807, 2.05) is 27.7 Å². The summed E-state index contributed by atoms with van der Waals surface area (Å²) in [5, 5.41) is 8.75. The van der Waals surface area contributed by atoms with Crippen LogP contribution in [0.2, 0.25) is 0 Å². The van der Waals surface area contributed by atoms with Crippen molar-refractivity contribution in [3.63, 3.8) is 0 Å². The molecule has 0 saturated carbocycles. The van der Waals surface area contributed by atoms with Gasteiger partial charge in [-0.3, -0.25) is 0 Å². The van der Waals surface area contributed by atoms with Crippen LogP contribution in [0.4, 0.5) is 13.2 Å². The minimum Gasteiger partial charge on any atom is -0.478 e. The molecule has 1 N–H and O–H groups in total. The molecule has 0 radical (unpaired) electrons. The molecule has 0 spiro atoms. The molecule has 7 heteroatoms. The summed E-state index contributed by atoms with van der Waals surface area (Å²) in [5.41, 5.74) is -0.485. The van der Waals surface area contributed by atoms with Gasteiger partial charge in [0.2, 0.25) is 6.10 Å². The first kappa shape index (κ1) is 21.7. The summed E-state index contributed by atoms with van der Waals surface area (Å²) in [5.74, 6) is -1.41. The maximum Gasteiger partial charge on any atom is 0.430 e. The maximum absolute atomic E-state index is 12.6. The van der Waals surface area contributed by atoms with Crippen LogP contribution in [0.5, 0.6) is 5.75 Å². The molecule has 0 saturated heterocycles. The predicted molar refractivity (Wildman–Crippen MR) is 84.8 cm³/mol. The number of aldehydes is 1. The highest BCUT2D eigenvalue weighted by molar-refractivity contribution is 5.94. The smallest absolute Gasteiger partial charge is 0.430 e. The van der Waals surface area contributed by atoms with Crippen LogP contribution in [0.25, 0.3) is 6.08 Å². The summed E-state index contributed by atoms with van der Waals surface area (Å²) in [4.78, 5) is 20.3. The van der Waals surface area contributed by atoms with Crippen LogP contribution in [0.3, 0.4) is 0 Å². The summed E-state index contributed by atoms with van der Waals surface area (Å²) in [7, 11) is 0. The molecule has 1 aliphatic rings. The summed E-state index contributed by atoms with van der Waals surface area (Å²) >= 11 is 0. The molecule has 1 heterocycles. The lowest BCUT2D eigenvalue weighted by molar-refractivity contribution is -0.187. The Morgan fingerprint density at radius 1 is 1.25 bits per heavy atom. The predicted octanol–water partition coefficient (Wildman–Crippen LogP) is 4.35. The van der Waals surface area contributed by atoms with Gasteiger partial charge in [-0.05, 0) is 12.1 Å². The molecule has 0 fully saturated rings. The normalized spacial score (nSPS) is 15.5. The quantitative estimate of drug-likeness (QED) is 0.809. The second-order valence-electron chi connectivity index (χ2n) is 4.86. The first-order chi connectivity index (χ1) is 11.2. The lowest BCUT2D eigenvalue weighted by Gasteiger charge is -2.26. The van der Waals surface area contributed by atoms with E-state index in [0.717, 1.165) is 12.4 Å². The second-order valence-corrected chi connectivity index (χ2v) is 4.86. The Morgan fingerprint density at radius 3 is 2.17 bits per heavy atom. The number of carboxylic acids is 1.